The molecular formula is C12H24. The first-order valence-corrected chi connectivity index (χ1v) is 5.20. The molecule has 0 radical (unpaired) electrons. The van der Waals surface area contributed by atoms with Gasteiger partial charge in [-0.2, -0.15) is 0 Å². The maximum Gasteiger partial charge on any atom is -0.0210 e. The Balaban J connectivity index is 3.79. The predicted molar refractivity (Wildman–Crippen MR) is 57.2 cm³/mol. The van der Waals surface area contributed by atoms with Gasteiger partial charge in [0.05, 0.1) is 0 Å². The molecule has 0 N–H and O–H groups in total. The molecule has 0 aromatic carbocycles. The molecule has 1 atom stereocenters. The van der Waals surface area contributed by atoms with E-state index in [2.05, 4.69) is 46.8 Å². The quantitative estimate of drug-likeness (QED) is 0.538. The van der Waals surface area contributed by atoms with E-state index in [1.165, 1.54) is 12.8 Å². The summed E-state index contributed by atoms with van der Waals surface area (Å²) in [6.45, 7) is 11.3. The number of rotatable bonds is 5. The second-order valence-electron chi connectivity index (χ2n) is 4.40. The smallest absolute Gasteiger partial charge is 0.0210 e. The van der Waals surface area contributed by atoms with E-state index in [0.717, 1.165) is 17.8 Å². The van der Waals surface area contributed by atoms with Gasteiger partial charge in [0.2, 0.25) is 0 Å². The van der Waals surface area contributed by atoms with Crippen LogP contribution in [0.1, 0.15) is 47.5 Å². The third-order valence-corrected chi connectivity index (χ3v) is 2.37. The van der Waals surface area contributed by atoms with Gasteiger partial charge in [0.15, 0.2) is 0 Å². The summed E-state index contributed by atoms with van der Waals surface area (Å²) in [5, 5.41) is 0. The van der Waals surface area contributed by atoms with Gasteiger partial charge in [-0.25, -0.2) is 0 Å². The molecule has 0 spiro atoms. The highest BCUT2D eigenvalue weighted by molar-refractivity contribution is 4.87. The Kier molecular flexibility index (Phi) is 6.14. The van der Waals surface area contributed by atoms with Crippen molar-refractivity contribution in [2.45, 2.75) is 47.5 Å². The summed E-state index contributed by atoms with van der Waals surface area (Å²) in [6.07, 6.45) is 7.24. The lowest BCUT2D eigenvalue weighted by Gasteiger charge is -2.17. The fourth-order valence-corrected chi connectivity index (χ4v) is 1.42. The molecule has 0 heterocycles. The number of allylic oxidation sites excluding steroid dienone is 2. The van der Waals surface area contributed by atoms with E-state index in [4.69, 9.17) is 0 Å². The van der Waals surface area contributed by atoms with Crippen LogP contribution in [0.4, 0.5) is 0 Å². The Morgan fingerprint density at radius 3 is 1.92 bits per heavy atom. The summed E-state index contributed by atoms with van der Waals surface area (Å²) in [5.41, 5.74) is 0. The van der Waals surface area contributed by atoms with Gasteiger partial charge in [-0.15, -0.1) is 0 Å². The van der Waals surface area contributed by atoms with Crippen LogP contribution in [0.25, 0.3) is 0 Å². The minimum Gasteiger partial charge on any atom is -0.0914 e. The van der Waals surface area contributed by atoms with Crippen LogP contribution in [0.15, 0.2) is 12.2 Å². The van der Waals surface area contributed by atoms with Crippen molar-refractivity contribution in [3.05, 3.63) is 12.2 Å². The summed E-state index contributed by atoms with van der Waals surface area (Å²) in [6, 6.07) is 0. The second kappa shape index (κ2) is 6.28. The van der Waals surface area contributed by atoms with Crippen molar-refractivity contribution >= 4 is 0 Å². The molecule has 1 unspecified atom stereocenters. The van der Waals surface area contributed by atoms with Gasteiger partial charge < -0.3 is 0 Å². The van der Waals surface area contributed by atoms with Crippen LogP contribution >= 0.6 is 0 Å². The molecule has 0 heteroatoms. The normalized spacial score (nSPS) is 14.9. The molecule has 0 fully saturated rings. The van der Waals surface area contributed by atoms with Crippen LogP contribution in [0.2, 0.25) is 0 Å². The summed E-state index contributed by atoms with van der Waals surface area (Å²) in [4.78, 5) is 0. The summed E-state index contributed by atoms with van der Waals surface area (Å²) in [7, 11) is 0. The molecule has 0 aromatic rings. The zero-order valence-corrected chi connectivity index (χ0v) is 9.30. The van der Waals surface area contributed by atoms with Crippen molar-refractivity contribution in [3.63, 3.8) is 0 Å². The van der Waals surface area contributed by atoms with E-state index in [0.29, 0.717) is 0 Å². The Morgan fingerprint density at radius 1 is 1.00 bits per heavy atom. The van der Waals surface area contributed by atoms with Crippen molar-refractivity contribution in [2.75, 3.05) is 0 Å². The van der Waals surface area contributed by atoms with E-state index < -0.39 is 0 Å². The highest BCUT2D eigenvalue weighted by atomic mass is 14.1. The van der Waals surface area contributed by atoms with E-state index in [-0.39, 0.29) is 0 Å². The van der Waals surface area contributed by atoms with Gasteiger partial charge in [0, 0.05) is 0 Å². The molecule has 0 aromatic heterocycles. The molecule has 0 amide bonds. The molecule has 72 valence electrons. The van der Waals surface area contributed by atoms with Gasteiger partial charge >= 0.3 is 0 Å². The fourth-order valence-electron chi connectivity index (χ4n) is 1.42. The first-order valence-electron chi connectivity index (χ1n) is 5.20. The predicted octanol–water partition coefficient (Wildman–Crippen LogP) is 4.27. The topological polar surface area (TPSA) is 0 Å². The minimum absolute atomic E-state index is 0.789. The largest absolute Gasteiger partial charge is 0.0914 e. The van der Waals surface area contributed by atoms with Crippen molar-refractivity contribution < 1.29 is 0 Å². The maximum atomic E-state index is 2.35. The van der Waals surface area contributed by atoms with Crippen molar-refractivity contribution in [1.82, 2.24) is 0 Å². The molecule has 0 rings (SSSR count). The lowest BCUT2D eigenvalue weighted by atomic mass is 9.88. The number of hydrogen-bond acceptors (Lipinski definition) is 0. The Morgan fingerprint density at radius 2 is 1.58 bits per heavy atom. The van der Waals surface area contributed by atoms with Crippen LogP contribution in [-0.2, 0) is 0 Å². The van der Waals surface area contributed by atoms with Crippen molar-refractivity contribution in [1.29, 1.82) is 0 Å². The molecule has 0 aliphatic heterocycles. The fraction of sp³-hybridized carbons (Fsp3) is 0.833. The third kappa shape index (κ3) is 5.40. The molecule has 0 nitrogen and oxygen atoms in total. The standard InChI is InChI=1S/C12H24/c1-6-7-12(11(4)5)9-8-10(2)3/h6-7,10-12H,8-9H2,1-5H3. The van der Waals surface area contributed by atoms with E-state index in [9.17, 15) is 0 Å². The average Bonchev–Trinajstić information content (AvgIpc) is 1.96. The molecule has 0 aliphatic rings. The van der Waals surface area contributed by atoms with Crippen LogP contribution in [0.3, 0.4) is 0 Å². The SMILES string of the molecule is CC=CC(CCC(C)C)C(C)C. The van der Waals surface area contributed by atoms with Crippen LogP contribution in [0.5, 0.6) is 0 Å². The number of hydrogen-bond donors (Lipinski definition) is 0. The molecule has 0 bridgehead atoms. The summed E-state index contributed by atoms with van der Waals surface area (Å²) >= 11 is 0. The first kappa shape index (κ1) is 11.7. The highest BCUT2D eigenvalue weighted by Crippen LogP contribution is 2.21. The van der Waals surface area contributed by atoms with Gasteiger partial charge in [-0.05, 0) is 31.1 Å². The zero-order chi connectivity index (χ0) is 9.56. The Bertz CT molecular complexity index is 120. The van der Waals surface area contributed by atoms with Crippen molar-refractivity contribution in [3.8, 4) is 0 Å². The van der Waals surface area contributed by atoms with Crippen LogP contribution in [0, 0.1) is 17.8 Å². The molecular weight excluding hydrogens is 144 g/mol. The van der Waals surface area contributed by atoms with E-state index >= 15 is 0 Å². The van der Waals surface area contributed by atoms with E-state index in [1.807, 2.05) is 0 Å². The maximum absolute atomic E-state index is 2.35. The average molecular weight is 168 g/mol. The first-order chi connectivity index (χ1) is 5.57. The zero-order valence-electron chi connectivity index (χ0n) is 9.30. The Labute approximate surface area is 78.1 Å². The summed E-state index contributed by atoms with van der Waals surface area (Å²) in [5.74, 6) is 2.42. The summed E-state index contributed by atoms with van der Waals surface area (Å²) < 4.78 is 0. The monoisotopic (exact) mass is 168 g/mol. The third-order valence-electron chi connectivity index (χ3n) is 2.37. The van der Waals surface area contributed by atoms with Gasteiger partial charge in [0.25, 0.3) is 0 Å². The molecule has 0 aliphatic carbocycles. The van der Waals surface area contributed by atoms with Crippen LogP contribution < -0.4 is 0 Å². The van der Waals surface area contributed by atoms with Crippen molar-refractivity contribution in [2.24, 2.45) is 17.8 Å². The molecule has 0 saturated carbocycles. The van der Waals surface area contributed by atoms with Gasteiger partial charge in [-0.3, -0.25) is 0 Å². The molecule has 0 saturated heterocycles. The van der Waals surface area contributed by atoms with Crippen LogP contribution in [-0.4, -0.2) is 0 Å². The molecule has 12 heavy (non-hydrogen) atoms. The van der Waals surface area contributed by atoms with Gasteiger partial charge in [-0.1, -0.05) is 46.3 Å². The lowest BCUT2D eigenvalue weighted by Crippen LogP contribution is -2.06. The highest BCUT2D eigenvalue weighted by Gasteiger charge is 2.09. The second-order valence-corrected chi connectivity index (χ2v) is 4.40. The Hall–Kier alpha value is -0.260. The van der Waals surface area contributed by atoms with E-state index in [1.54, 1.807) is 0 Å². The minimum atomic E-state index is 0.789. The lowest BCUT2D eigenvalue weighted by molar-refractivity contribution is 0.394. The van der Waals surface area contributed by atoms with Gasteiger partial charge in [0.1, 0.15) is 0 Å².